The Morgan fingerprint density at radius 3 is 2.83 bits per heavy atom. The topological polar surface area (TPSA) is 60.9 Å². The highest BCUT2D eigenvalue weighted by atomic mass is 16.3. The summed E-state index contributed by atoms with van der Waals surface area (Å²) in [7, 11) is 1.78. The number of benzene rings is 1. The third kappa shape index (κ3) is 4.49. The monoisotopic (exact) mass is 332 g/mol. The van der Waals surface area contributed by atoms with Crippen molar-refractivity contribution in [3.05, 3.63) is 29.8 Å². The molecule has 5 heteroatoms. The number of phenols is 1. The molecule has 1 aliphatic heterocycles. The van der Waals surface area contributed by atoms with Gasteiger partial charge in [0.2, 0.25) is 11.8 Å². The minimum atomic E-state index is -0.130. The number of carbonyl (C=O) groups excluding carboxylic acids is 2. The van der Waals surface area contributed by atoms with Crippen molar-refractivity contribution in [1.29, 1.82) is 0 Å². The molecule has 0 aromatic heterocycles. The molecule has 2 amide bonds. The Kier molecular flexibility index (Phi) is 6.23. The summed E-state index contributed by atoms with van der Waals surface area (Å²) >= 11 is 0. The van der Waals surface area contributed by atoms with E-state index in [0.717, 1.165) is 31.4 Å². The van der Waals surface area contributed by atoms with Crippen LogP contribution in [-0.4, -0.2) is 46.9 Å². The lowest BCUT2D eigenvalue weighted by atomic mass is 9.95. The number of piperidine rings is 1. The van der Waals surface area contributed by atoms with Crippen molar-refractivity contribution in [2.24, 2.45) is 11.8 Å². The smallest absolute Gasteiger partial charge is 0.227 e. The highest BCUT2D eigenvalue weighted by molar-refractivity contribution is 5.82. The number of hydrogen-bond donors (Lipinski definition) is 1. The summed E-state index contributed by atoms with van der Waals surface area (Å²) in [4.78, 5) is 28.6. The predicted molar refractivity (Wildman–Crippen MR) is 93.3 cm³/mol. The summed E-state index contributed by atoms with van der Waals surface area (Å²) < 4.78 is 0. The second kappa shape index (κ2) is 8.18. The fraction of sp³-hybridized carbons (Fsp3) is 0.579. The van der Waals surface area contributed by atoms with Gasteiger partial charge in [0, 0.05) is 32.6 Å². The zero-order chi connectivity index (χ0) is 17.7. The molecule has 0 bridgehead atoms. The van der Waals surface area contributed by atoms with Crippen molar-refractivity contribution in [3.8, 4) is 5.75 Å². The molecule has 1 aromatic carbocycles. The quantitative estimate of drug-likeness (QED) is 0.902. The van der Waals surface area contributed by atoms with Crippen LogP contribution in [0.3, 0.4) is 0 Å². The second-order valence-corrected chi connectivity index (χ2v) is 6.80. The molecule has 1 fully saturated rings. The molecule has 0 spiro atoms. The molecule has 132 valence electrons. The van der Waals surface area contributed by atoms with Gasteiger partial charge in [-0.2, -0.15) is 0 Å². The minimum absolute atomic E-state index is 0.0175. The maximum atomic E-state index is 12.7. The van der Waals surface area contributed by atoms with Crippen LogP contribution in [0.2, 0.25) is 0 Å². The van der Waals surface area contributed by atoms with Gasteiger partial charge in [-0.05, 0) is 37.0 Å². The van der Waals surface area contributed by atoms with E-state index >= 15 is 0 Å². The molecule has 1 N–H and O–H groups in total. The third-order valence-electron chi connectivity index (χ3n) is 4.82. The normalized spacial score (nSPS) is 19.0. The van der Waals surface area contributed by atoms with Gasteiger partial charge in [0.25, 0.3) is 0 Å². The van der Waals surface area contributed by atoms with Crippen molar-refractivity contribution >= 4 is 11.8 Å². The molecule has 0 unspecified atom stereocenters. The lowest BCUT2D eigenvalue weighted by Crippen LogP contribution is -2.47. The van der Waals surface area contributed by atoms with E-state index in [9.17, 15) is 14.7 Å². The molecular formula is C19H28N2O3. The van der Waals surface area contributed by atoms with Crippen LogP contribution >= 0.6 is 0 Å². The first-order valence-corrected chi connectivity index (χ1v) is 8.74. The van der Waals surface area contributed by atoms with E-state index < -0.39 is 0 Å². The van der Waals surface area contributed by atoms with E-state index in [-0.39, 0.29) is 29.4 Å². The molecule has 2 rings (SSSR count). The van der Waals surface area contributed by atoms with Crippen LogP contribution in [0.5, 0.6) is 5.75 Å². The van der Waals surface area contributed by atoms with Crippen LogP contribution in [0, 0.1) is 11.8 Å². The van der Waals surface area contributed by atoms with Gasteiger partial charge >= 0.3 is 0 Å². The number of carbonyl (C=O) groups is 2. The van der Waals surface area contributed by atoms with Crippen molar-refractivity contribution in [3.63, 3.8) is 0 Å². The van der Waals surface area contributed by atoms with Gasteiger partial charge in [0.15, 0.2) is 0 Å². The van der Waals surface area contributed by atoms with Gasteiger partial charge in [0.1, 0.15) is 5.75 Å². The van der Waals surface area contributed by atoms with Crippen LogP contribution in [-0.2, 0) is 16.1 Å². The summed E-state index contributed by atoms with van der Waals surface area (Å²) in [6.07, 6.45) is 2.53. The molecule has 0 radical (unpaired) electrons. The number of aromatic hydroxyl groups is 1. The lowest BCUT2D eigenvalue weighted by molar-refractivity contribution is -0.142. The molecule has 2 atom stereocenters. The molecule has 24 heavy (non-hydrogen) atoms. The Bertz CT molecular complexity index is 588. The van der Waals surface area contributed by atoms with E-state index in [4.69, 9.17) is 0 Å². The zero-order valence-electron chi connectivity index (χ0n) is 14.9. The van der Waals surface area contributed by atoms with Gasteiger partial charge < -0.3 is 14.9 Å². The Labute approximate surface area is 144 Å². The van der Waals surface area contributed by atoms with Crippen LogP contribution in [0.25, 0.3) is 0 Å². The first kappa shape index (κ1) is 18.3. The van der Waals surface area contributed by atoms with Gasteiger partial charge in [-0.25, -0.2) is 0 Å². The van der Waals surface area contributed by atoms with Gasteiger partial charge in [-0.1, -0.05) is 26.0 Å². The maximum Gasteiger partial charge on any atom is 0.227 e. The Morgan fingerprint density at radius 2 is 2.17 bits per heavy atom. The highest BCUT2D eigenvalue weighted by Crippen LogP contribution is 2.22. The SMILES string of the molecule is CC[C@H](C)C(=O)N1CCC[C@H](C(=O)N(C)Cc2cccc(O)c2)C1. The molecule has 0 aliphatic carbocycles. The predicted octanol–water partition coefficient (Wildman–Crippen LogP) is 2.64. The van der Waals surface area contributed by atoms with E-state index in [0.29, 0.717) is 13.1 Å². The van der Waals surface area contributed by atoms with Crippen molar-refractivity contribution < 1.29 is 14.7 Å². The first-order valence-electron chi connectivity index (χ1n) is 8.74. The molecule has 1 heterocycles. The lowest BCUT2D eigenvalue weighted by Gasteiger charge is -2.35. The summed E-state index contributed by atoms with van der Waals surface area (Å²) in [5.74, 6) is 0.319. The van der Waals surface area contributed by atoms with E-state index in [1.54, 1.807) is 30.1 Å². The standard InChI is InChI=1S/C19H28N2O3/c1-4-14(2)18(23)21-10-6-8-16(13-21)19(24)20(3)12-15-7-5-9-17(22)11-15/h5,7,9,11,14,16,22H,4,6,8,10,12-13H2,1-3H3/t14-,16-/m0/s1. The summed E-state index contributed by atoms with van der Waals surface area (Å²) in [6, 6.07) is 6.95. The average Bonchev–Trinajstić information content (AvgIpc) is 2.59. The minimum Gasteiger partial charge on any atom is -0.508 e. The largest absolute Gasteiger partial charge is 0.508 e. The molecule has 0 saturated carbocycles. The second-order valence-electron chi connectivity index (χ2n) is 6.80. The van der Waals surface area contributed by atoms with E-state index in [2.05, 4.69) is 0 Å². The van der Waals surface area contributed by atoms with Crippen LogP contribution < -0.4 is 0 Å². The Morgan fingerprint density at radius 1 is 1.42 bits per heavy atom. The Balaban J connectivity index is 1.96. The molecule has 1 saturated heterocycles. The number of likely N-dealkylation sites (tertiary alicyclic amines) is 1. The average molecular weight is 332 g/mol. The number of phenolic OH excluding ortho intramolecular Hbond substituents is 1. The van der Waals surface area contributed by atoms with Crippen molar-refractivity contribution in [1.82, 2.24) is 9.80 Å². The summed E-state index contributed by atoms with van der Waals surface area (Å²) in [6.45, 7) is 5.69. The Hall–Kier alpha value is -2.04. The number of hydrogen-bond acceptors (Lipinski definition) is 3. The highest BCUT2D eigenvalue weighted by Gasteiger charge is 2.31. The number of rotatable bonds is 5. The van der Waals surface area contributed by atoms with Crippen molar-refractivity contribution in [2.75, 3.05) is 20.1 Å². The van der Waals surface area contributed by atoms with Crippen LogP contribution in [0.15, 0.2) is 24.3 Å². The van der Waals surface area contributed by atoms with Crippen molar-refractivity contribution in [2.45, 2.75) is 39.7 Å². The fourth-order valence-corrected chi connectivity index (χ4v) is 3.18. The third-order valence-corrected chi connectivity index (χ3v) is 4.82. The summed E-state index contributed by atoms with van der Waals surface area (Å²) in [5.41, 5.74) is 0.897. The molecule has 5 nitrogen and oxygen atoms in total. The number of nitrogens with zero attached hydrogens (tertiary/aromatic N) is 2. The van der Waals surface area contributed by atoms with Gasteiger partial charge in [0.05, 0.1) is 5.92 Å². The van der Waals surface area contributed by atoms with Gasteiger partial charge in [-0.3, -0.25) is 9.59 Å². The maximum absolute atomic E-state index is 12.7. The van der Waals surface area contributed by atoms with E-state index in [1.165, 1.54) is 0 Å². The molecular weight excluding hydrogens is 304 g/mol. The fourth-order valence-electron chi connectivity index (χ4n) is 3.18. The molecule has 1 aromatic rings. The summed E-state index contributed by atoms with van der Waals surface area (Å²) in [5, 5.41) is 9.54. The first-order chi connectivity index (χ1) is 11.4. The molecule has 1 aliphatic rings. The van der Waals surface area contributed by atoms with Gasteiger partial charge in [-0.15, -0.1) is 0 Å². The van der Waals surface area contributed by atoms with Crippen LogP contribution in [0.4, 0.5) is 0 Å². The zero-order valence-corrected chi connectivity index (χ0v) is 14.9. The van der Waals surface area contributed by atoms with Crippen LogP contribution in [0.1, 0.15) is 38.7 Å². The number of amides is 2. The van der Waals surface area contributed by atoms with E-state index in [1.807, 2.05) is 24.8 Å².